The molecule has 1 saturated heterocycles. The average molecular weight is 378 g/mol. The van der Waals surface area contributed by atoms with Crippen LogP contribution in [0.2, 0.25) is 0 Å². The van der Waals surface area contributed by atoms with Crippen molar-refractivity contribution in [1.82, 2.24) is 14.7 Å². The first kappa shape index (κ1) is 20.3. The smallest absolute Gasteiger partial charge is 0.239 e. The molecule has 0 aliphatic carbocycles. The minimum atomic E-state index is -0.0734. The van der Waals surface area contributed by atoms with E-state index in [1.807, 2.05) is 43.1 Å². The third kappa shape index (κ3) is 5.78. The molecule has 3 rings (SSSR count). The Kier molecular flexibility index (Phi) is 7.40. The van der Waals surface area contributed by atoms with E-state index < -0.39 is 0 Å². The van der Waals surface area contributed by atoms with Crippen LogP contribution in [0.3, 0.4) is 0 Å². The molecule has 1 atom stereocenters. The standard InChI is InChI=1S/C24H31N3O/c1-21(24(28)25(2)20-23-12-7-4-8-13-23)27-18-16-26(17-19-27)15-9-14-22-10-5-3-6-11-22/h3-14,21H,15-20H2,1-2H3/b14-9+/t21-/m0/s1. The fourth-order valence-electron chi connectivity index (χ4n) is 3.65. The van der Waals surface area contributed by atoms with Crippen molar-refractivity contribution in [3.63, 3.8) is 0 Å². The number of carbonyl (C=O) groups is 1. The van der Waals surface area contributed by atoms with Crippen LogP contribution in [-0.4, -0.2) is 66.4 Å². The van der Waals surface area contributed by atoms with Crippen molar-refractivity contribution in [3.8, 4) is 0 Å². The average Bonchev–Trinajstić information content (AvgIpc) is 2.74. The number of benzene rings is 2. The van der Waals surface area contributed by atoms with E-state index in [2.05, 4.69) is 58.4 Å². The normalized spacial score (nSPS) is 16.9. The van der Waals surface area contributed by atoms with Gasteiger partial charge in [0.1, 0.15) is 0 Å². The summed E-state index contributed by atoms with van der Waals surface area (Å²) in [4.78, 5) is 19.4. The molecule has 28 heavy (non-hydrogen) atoms. The summed E-state index contributed by atoms with van der Waals surface area (Å²) in [6, 6.07) is 20.5. The van der Waals surface area contributed by atoms with Crippen LogP contribution in [0.4, 0.5) is 0 Å². The summed E-state index contributed by atoms with van der Waals surface area (Å²) in [6.45, 7) is 7.52. The van der Waals surface area contributed by atoms with E-state index in [1.54, 1.807) is 0 Å². The van der Waals surface area contributed by atoms with E-state index in [0.717, 1.165) is 32.7 Å². The van der Waals surface area contributed by atoms with Gasteiger partial charge in [-0.2, -0.15) is 0 Å². The molecule has 2 aromatic carbocycles. The summed E-state index contributed by atoms with van der Waals surface area (Å²) in [5, 5.41) is 0. The number of amides is 1. The van der Waals surface area contributed by atoms with Crippen molar-refractivity contribution in [2.45, 2.75) is 19.5 Å². The molecule has 0 radical (unpaired) electrons. The lowest BCUT2D eigenvalue weighted by atomic mass is 10.1. The minimum Gasteiger partial charge on any atom is -0.340 e. The summed E-state index contributed by atoms with van der Waals surface area (Å²) >= 11 is 0. The molecule has 4 nitrogen and oxygen atoms in total. The second-order valence-corrected chi connectivity index (χ2v) is 7.51. The van der Waals surface area contributed by atoms with Gasteiger partial charge in [0.15, 0.2) is 0 Å². The van der Waals surface area contributed by atoms with Crippen molar-refractivity contribution in [2.75, 3.05) is 39.8 Å². The molecule has 1 amide bonds. The third-order valence-corrected chi connectivity index (χ3v) is 5.42. The fourth-order valence-corrected chi connectivity index (χ4v) is 3.65. The van der Waals surface area contributed by atoms with Crippen LogP contribution in [0.5, 0.6) is 0 Å². The lowest BCUT2D eigenvalue weighted by Crippen LogP contribution is -2.53. The third-order valence-electron chi connectivity index (χ3n) is 5.42. The minimum absolute atomic E-state index is 0.0734. The lowest BCUT2D eigenvalue weighted by Gasteiger charge is -2.38. The number of hydrogen-bond donors (Lipinski definition) is 0. The van der Waals surface area contributed by atoms with Crippen molar-refractivity contribution in [2.24, 2.45) is 0 Å². The molecule has 0 spiro atoms. The SMILES string of the molecule is C[C@@H](C(=O)N(C)Cc1ccccc1)N1CCN(C/C=C/c2ccccc2)CC1. The highest BCUT2D eigenvalue weighted by Gasteiger charge is 2.27. The van der Waals surface area contributed by atoms with Crippen molar-refractivity contribution < 1.29 is 4.79 Å². The lowest BCUT2D eigenvalue weighted by molar-refractivity contribution is -0.136. The Morgan fingerprint density at radius 3 is 2.25 bits per heavy atom. The van der Waals surface area contributed by atoms with E-state index in [4.69, 9.17) is 0 Å². The summed E-state index contributed by atoms with van der Waals surface area (Å²) in [6.07, 6.45) is 4.41. The van der Waals surface area contributed by atoms with Gasteiger partial charge < -0.3 is 4.90 Å². The highest BCUT2D eigenvalue weighted by molar-refractivity contribution is 5.81. The largest absolute Gasteiger partial charge is 0.340 e. The molecular formula is C24H31N3O. The molecule has 1 aliphatic rings. The zero-order valence-corrected chi connectivity index (χ0v) is 17.0. The summed E-state index contributed by atoms with van der Waals surface area (Å²) in [5.74, 6) is 0.196. The number of likely N-dealkylation sites (N-methyl/N-ethyl adjacent to an activating group) is 1. The van der Waals surface area contributed by atoms with Crippen LogP contribution < -0.4 is 0 Å². The zero-order valence-electron chi connectivity index (χ0n) is 17.0. The number of hydrogen-bond acceptors (Lipinski definition) is 3. The van der Waals surface area contributed by atoms with Crippen LogP contribution in [0.1, 0.15) is 18.1 Å². The van der Waals surface area contributed by atoms with Gasteiger partial charge in [0, 0.05) is 46.3 Å². The van der Waals surface area contributed by atoms with Gasteiger partial charge in [0.25, 0.3) is 0 Å². The maximum absolute atomic E-state index is 12.8. The van der Waals surface area contributed by atoms with Gasteiger partial charge in [-0.05, 0) is 18.1 Å². The predicted octanol–water partition coefficient (Wildman–Crippen LogP) is 3.36. The van der Waals surface area contributed by atoms with Crippen molar-refractivity contribution in [3.05, 3.63) is 77.9 Å². The number of carbonyl (C=O) groups excluding carboxylic acids is 1. The van der Waals surface area contributed by atoms with E-state index in [1.165, 1.54) is 11.1 Å². The Labute approximate surface area is 169 Å². The Morgan fingerprint density at radius 1 is 1.00 bits per heavy atom. The Hall–Kier alpha value is -2.43. The summed E-state index contributed by atoms with van der Waals surface area (Å²) < 4.78 is 0. The predicted molar refractivity (Wildman–Crippen MR) is 116 cm³/mol. The maximum Gasteiger partial charge on any atom is 0.239 e. The van der Waals surface area contributed by atoms with E-state index in [0.29, 0.717) is 6.54 Å². The molecule has 0 unspecified atom stereocenters. The van der Waals surface area contributed by atoms with E-state index in [9.17, 15) is 4.79 Å². The molecule has 148 valence electrons. The van der Waals surface area contributed by atoms with Gasteiger partial charge in [-0.3, -0.25) is 14.6 Å². The number of piperazine rings is 1. The molecule has 1 fully saturated rings. The van der Waals surface area contributed by atoms with Gasteiger partial charge in [-0.15, -0.1) is 0 Å². The topological polar surface area (TPSA) is 26.8 Å². The number of nitrogens with zero attached hydrogens (tertiary/aromatic N) is 3. The van der Waals surface area contributed by atoms with E-state index in [-0.39, 0.29) is 11.9 Å². The van der Waals surface area contributed by atoms with Gasteiger partial charge in [-0.1, -0.05) is 72.8 Å². The molecule has 0 saturated carbocycles. The molecular weight excluding hydrogens is 346 g/mol. The molecule has 0 bridgehead atoms. The van der Waals surface area contributed by atoms with Gasteiger partial charge in [0.05, 0.1) is 6.04 Å². The first-order chi connectivity index (χ1) is 13.6. The molecule has 1 aliphatic heterocycles. The van der Waals surface area contributed by atoms with Gasteiger partial charge in [-0.25, -0.2) is 0 Å². The fraction of sp³-hybridized carbons (Fsp3) is 0.375. The van der Waals surface area contributed by atoms with Crippen LogP contribution in [0.25, 0.3) is 6.08 Å². The quantitative estimate of drug-likeness (QED) is 0.740. The summed E-state index contributed by atoms with van der Waals surface area (Å²) in [5.41, 5.74) is 2.40. The van der Waals surface area contributed by atoms with Crippen LogP contribution in [0, 0.1) is 0 Å². The molecule has 2 aromatic rings. The molecule has 0 N–H and O–H groups in total. The summed E-state index contributed by atoms with van der Waals surface area (Å²) in [7, 11) is 1.90. The Balaban J connectivity index is 1.43. The highest BCUT2D eigenvalue weighted by Crippen LogP contribution is 2.11. The molecule has 1 heterocycles. The maximum atomic E-state index is 12.8. The second-order valence-electron chi connectivity index (χ2n) is 7.51. The first-order valence-electron chi connectivity index (χ1n) is 10.1. The van der Waals surface area contributed by atoms with E-state index >= 15 is 0 Å². The van der Waals surface area contributed by atoms with Gasteiger partial charge >= 0.3 is 0 Å². The highest BCUT2D eigenvalue weighted by atomic mass is 16.2. The second kappa shape index (κ2) is 10.2. The monoisotopic (exact) mass is 377 g/mol. The van der Waals surface area contributed by atoms with Crippen LogP contribution in [-0.2, 0) is 11.3 Å². The molecule has 4 heteroatoms. The number of rotatable bonds is 7. The van der Waals surface area contributed by atoms with Gasteiger partial charge in [0.2, 0.25) is 5.91 Å². The zero-order chi connectivity index (χ0) is 19.8. The molecule has 0 aromatic heterocycles. The Bertz CT molecular complexity index is 752. The van der Waals surface area contributed by atoms with Crippen LogP contribution >= 0.6 is 0 Å². The first-order valence-corrected chi connectivity index (χ1v) is 10.1. The van der Waals surface area contributed by atoms with Crippen molar-refractivity contribution >= 4 is 12.0 Å². The van der Waals surface area contributed by atoms with Crippen LogP contribution in [0.15, 0.2) is 66.7 Å². The Morgan fingerprint density at radius 2 is 1.61 bits per heavy atom. The van der Waals surface area contributed by atoms with Crippen molar-refractivity contribution in [1.29, 1.82) is 0 Å².